The van der Waals surface area contributed by atoms with Gasteiger partial charge in [-0.05, 0) is 26.2 Å². The van der Waals surface area contributed by atoms with Gasteiger partial charge in [-0.25, -0.2) is 4.98 Å². The monoisotopic (exact) mass is 191 g/mol. The third-order valence-electron chi connectivity index (χ3n) is 2.66. The Hall–Kier alpha value is -1.25. The standard InChI is InChI=1S/C11H17N3/c1-3-7-14-8-9(2)12-11(14)13-10-5-4-6-10/h3,8,10H,1,4-7H2,2H3,(H,12,13). The highest BCUT2D eigenvalue weighted by atomic mass is 15.2. The van der Waals surface area contributed by atoms with Crippen LogP contribution in [0.1, 0.15) is 25.0 Å². The second kappa shape index (κ2) is 3.86. The lowest BCUT2D eigenvalue weighted by Gasteiger charge is -2.27. The Balaban J connectivity index is 2.08. The van der Waals surface area contributed by atoms with Crippen molar-refractivity contribution in [3.63, 3.8) is 0 Å². The number of nitrogens with one attached hydrogen (secondary N) is 1. The van der Waals surface area contributed by atoms with Gasteiger partial charge in [-0.3, -0.25) is 0 Å². The number of rotatable bonds is 4. The molecule has 1 aromatic rings. The predicted octanol–water partition coefficient (Wildman–Crippen LogP) is 2.34. The zero-order valence-corrected chi connectivity index (χ0v) is 8.66. The molecule has 1 fully saturated rings. The van der Waals surface area contributed by atoms with E-state index in [4.69, 9.17) is 0 Å². The van der Waals surface area contributed by atoms with Gasteiger partial charge in [0.15, 0.2) is 0 Å². The minimum atomic E-state index is 0.639. The Bertz CT molecular complexity index is 323. The number of imidazole rings is 1. The van der Waals surface area contributed by atoms with Crippen LogP contribution in [-0.2, 0) is 6.54 Å². The minimum absolute atomic E-state index is 0.639. The Labute approximate surface area is 84.8 Å². The van der Waals surface area contributed by atoms with E-state index in [2.05, 4.69) is 27.6 Å². The van der Waals surface area contributed by atoms with Crippen LogP contribution >= 0.6 is 0 Å². The first-order valence-corrected chi connectivity index (χ1v) is 5.21. The van der Waals surface area contributed by atoms with E-state index in [1.54, 1.807) is 0 Å². The van der Waals surface area contributed by atoms with Crippen molar-refractivity contribution in [2.45, 2.75) is 38.8 Å². The number of anilines is 1. The van der Waals surface area contributed by atoms with E-state index in [0.717, 1.165) is 18.2 Å². The van der Waals surface area contributed by atoms with Crippen molar-refractivity contribution in [1.29, 1.82) is 0 Å². The van der Waals surface area contributed by atoms with Gasteiger partial charge in [-0.2, -0.15) is 0 Å². The molecule has 0 amide bonds. The zero-order chi connectivity index (χ0) is 9.97. The van der Waals surface area contributed by atoms with E-state index in [0.29, 0.717) is 6.04 Å². The molecule has 3 heteroatoms. The number of hydrogen-bond donors (Lipinski definition) is 1. The van der Waals surface area contributed by atoms with Gasteiger partial charge in [0.05, 0.1) is 5.69 Å². The van der Waals surface area contributed by atoms with Crippen molar-refractivity contribution in [2.75, 3.05) is 5.32 Å². The van der Waals surface area contributed by atoms with Crippen LogP contribution in [0.3, 0.4) is 0 Å². The van der Waals surface area contributed by atoms with Crippen LogP contribution in [0, 0.1) is 6.92 Å². The van der Waals surface area contributed by atoms with Gasteiger partial charge in [0.1, 0.15) is 0 Å². The molecule has 14 heavy (non-hydrogen) atoms. The zero-order valence-electron chi connectivity index (χ0n) is 8.66. The highest BCUT2D eigenvalue weighted by Gasteiger charge is 2.18. The molecular weight excluding hydrogens is 174 g/mol. The molecule has 1 aromatic heterocycles. The summed E-state index contributed by atoms with van der Waals surface area (Å²) in [4.78, 5) is 4.46. The van der Waals surface area contributed by atoms with Crippen molar-refractivity contribution in [2.24, 2.45) is 0 Å². The number of nitrogens with zero attached hydrogens (tertiary/aromatic N) is 2. The highest BCUT2D eigenvalue weighted by molar-refractivity contribution is 5.31. The molecule has 76 valence electrons. The number of allylic oxidation sites excluding steroid dienone is 1. The first kappa shape index (κ1) is 9.31. The van der Waals surface area contributed by atoms with Crippen LogP contribution in [0.2, 0.25) is 0 Å². The summed E-state index contributed by atoms with van der Waals surface area (Å²) in [5.74, 6) is 0.993. The normalized spacial score (nSPS) is 16.4. The Morgan fingerprint density at radius 1 is 1.71 bits per heavy atom. The lowest BCUT2D eigenvalue weighted by atomic mass is 9.93. The lowest BCUT2D eigenvalue weighted by Crippen LogP contribution is -2.28. The summed E-state index contributed by atoms with van der Waals surface area (Å²) in [7, 11) is 0. The van der Waals surface area contributed by atoms with Crippen LogP contribution in [0.25, 0.3) is 0 Å². The van der Waals surface area contributed by atoms with Crippen molar-refractivity contribution in [3.8, 4) is 0 Å². The molecule has 1 aliphatic rings. The molecule has 1 N–H and O–H groups in total. The van der Waals surface area contributed by atoms with E-state index in [1.165, 1.54) is 19.3 Å². The first-order valence-electron chi connectivity index (χ1n) is 5.21. The van der Waals surface area contributed by atoms with E-state index in [1.807, 2.05) is 13.0 Å². The van der Waals surface area contributed by atoms with Gasteiger partial charge in [0, 0.05) is 18.8 Å². The molecule has 0 aliphatic heterocycles. The largest absolute Gasteiger partial charge is 0.353 e. The maximum absolute atomic E-state index is 4.46. The third-order valence-corrected chi connectivity index (χ3v) is 2.66. The van der Waals surface area contributed by atoms with E-state index in [-0.39, 0.29) is 0 Å². The minimum Gasteiger partial charge on any atom is -0.353 e. The van der Waals surface area contributed by atoms with Crippen LogP contribution in [0.15, 0.2) is 18.9 Å². The summed E-state index contributed by atoms with van der Waals surface area (Å²) >= 11 is 0. The predicted molar refractivity (Wildman–Crippen MR) is 58.4 cm³/mol. The molecule has 0 spiro atoms. The molecule has 3 nitrogen and oxygen atoms in total. The maximum atomic E-state index is 4.46. The topological polar surface area (TPSA) is 29.9 Å². The SMILES string of the molecule is C=CCn1cc(C)nc1NC1CCC1. The quantitative estimate of drug-likeness (QED) is 0.740. The van der Waals surface area contributed by atoms with Crippen molar-refractivity contribution < 1.29 is 0 Å². The van der Waals surface area contributed by atoms with Crippen LogP contribution in [-0.4, -0.2) is 15.6 Å². The summed E-state index contributed by atoms with van der Waals surface area (Å²) in [5.41, 5.74) is 1.06. The highest BCUT2D eigenvalue weighted by Crippen LogP contribution is 2.22. The number of hydrogen-bond acceptors (Lipinski definition) is 2. The summed E-state index contributed by atoms with van der Waals surface area (Å²) < 4.78 is 2.11. The molecule has 1 aliphatic carbocycles. The van der Waals surface area contributed by atoms with Crippen LogP contribution < -0.4 is 5.32 Å². The summed E-state index contributed by atoms with van der Waals surface area (Å²) in [6.07, 6.45) is 7.86. The van der Waals surface area contributed by atoms with Crippen molar-refractivity contribution >= 4 is 5.95 Å². The third kappa shape index (κ3) is 1.81. The molecule has 1 saturated carbocycles. The fourth-order valence-corrected chi connectivity index (χ4v) is 1.68. The molecular formula is C11H17N3. The molecule has 0 atom stereocenters. The Morgan fingerprint density at radius 2 is 2.50 bits per heavy atom. The number of aromatic nitrogens is 2. The smallest absolute Gasteiger partial charge is 0.203 e. The average Bonchev–Trinajstić information content (AvgIpc) is 2.40. The van der Waals surface area contributed by atoms with Crippen LogP contribution in [0.4, 0.5) is 5.95 Å². The van der Waals surface area contributed by atoms with E-state index >= 15 is 0 Å². The van der Waals surface area contributed by atoms with Crippen molar-refractivity contribution in [3.05, 3.63) is 24.5 Å². The average molecular weight is 191 g/mol. The van der Waals surface area contributed by atoms with Gasteiger partial charge in [-0.15, -0.1) is 6.58 Å². The van der Waals surface area contributed by atoms with Gasteiger partial charge in [-0.1, -0.05) is 6.08 Å². The summed E-state index contributed by atoms with van der Waals surface area (Å²) in [5, 5.41) is 3.46. The molecule has 0 radical (unpaired) electrons. The van der Waals surface area contributed by atoms with Gasteiger partial charge in [0.2, 0.25) is 5.95 Å². The van der Waals surface area contributed by atoms with Gasteiger partial charge < -0.3 is 9.88 Å². The second-order valence-electron chi connectivity index (χ2n) is 3.92. The number of aryl methyl sites for hydroxylation is 1. The summed E-state index contributed by atoms with van der Waals surface area (Å²) in [6, 6.07) is 0.639. The molecule has 1 heterocycles. The fourth-order valence-electron chi connectivity index (χ4n) is 1.68. The Morgan fingerprint density at radius 3 is 3.07 bits per heavy atom. The molecule has 0 saturated heterocycles. The summed E-state index contributed by atoms with van der Waals surface area (Å²) in [6.45, 7) is 6.59. The maximum Gasteiger partial charge on any atom is 0.203 e. The lowest BCUT2D eigenvalue weighted by molar-refractivity contribution is 0.441. The Kier molecular flexibility index (Phi) is 2.57. The molecule has 0 aromatic carbocycles. The molecule has 0 bridgehead atoms. The molecule has 0 unspecified atom stereocenters. The molecule has 2 rings (SSSR count). The van der Waals surface area contributed by atoms with Crippen LogP contribution in [0.5, 0.6) is 0 Å². The first-order chi connectivity index (χ1) is 6.79. The van der Waals surface area contributed by atoms with E-state index in [9.17, 15) is 0 Å². The fraction of sp³-hybridized carbons (Fsp3) is 0.545. The van der Waals surface area contributed by atoms with Gasteiger partial charge >= 0.3 is 0 Å². The van der Waals surface area contributed by atoms with E-state index < -0.39 is 0 Å². The second-order valence-corrected chi connectivity index (χ2v) is 3.92. The van der Waals surface area contributed by atoms with Crippen molar-refractivity contribution in [1.82, 2.24) is 9.55 Å². The van der Waals surface area contributed by atoms with Gasteiger partial charge in [0.25, 0.3) is 0 Å².